The molecule has 1 amide bonds. The molecule has 1 atom stereocenters. The average molecular weight is 118 g/mol. The lowest BCUT2D eigenvalue weighted by Crippen LogP contribution is -2.28. The van der Waals surface area contributed by atoms with Gasteiger partial charge >= 0.3 is 6.41 Å². The van der Waals surface area contributed by atoms with Crippen molar-refractivity contribution in [3.8, 4) is 0 Å². The van der Waals surface area contributed by atoms with Crippen molar-refractivity contribution in [2.75, 3.05) is 13.2 Å². The molecule has 0 saturated heterocycles. The first-order valence-corrected chi connectivity index (χ1v) is 2.20. The third-order valence-electron chi connectivity index (χ3n) is 0.621. The zero-order valence-corrected chi connectivity index (χ0v) is 4.29. The van der Waals surface area contributed by atoms with Crippen molar-refractivity contribution < 1.29 is 15.0 Å². The number of aliphatic hydroxyl groups excluding tert-OH is 2. The number of hydrogen-bond acceptors (Lipinski definition) is 3. The summed E-state index contributed by atoms with van der Waals surface area (Å²) in [5, 5.41) is 18.7. The first kappa shape index (κ1) is 7.39. The smallest absolute Gasteiger partial charge is 0.309 e. The van der Waals surface area contributed by atoms with Gasteiger partial charge in [0.05, 0.1) is 12.7 Å². The Labute approximate surface area is 47.1 Å². The van der Waals surface area contributed by atoms with E-state index in [0.717, 1.165) is 0 Å². The van der Waals surface area contributed by atoms with Gasteiger partial charge in [0.2, 0.25) is 0 Å². The van der Waals surface area contributed by atoms with E-state index < -0.39 is 6.10 Å². The Hall–Kier alpha value is -0.610. The summed E-state index contributed by atoms with van der Waals surface area (Å²) >= 11 is 0. The van der Waals surface area contributed by atoms with Crippen molar-refractivity contribution in [3.63, 3.8) is 0 Å². The fourth-order valence-electron chi connectivity index (χ4n) is 0.224. The largest absolute Gasteiger partial charge is 0.394 e. The van der Waals surface area contributed by atoms with Gasteiger partial charge in [0, 0.05) is 6.54 Å². The van der Waals surface area contributed by atoms with Gasteiger partial charge in [0.1, 0.15) is 0 Å². The molecule has 3 N–H and O–H groups in total. The minimum Gasteiger partial charge on any atom is -0.394 e. The first-order valence-electron chi connectivity index (χ1n) is 2.20. The SMILES string of the molecule is O=[C]NC[C@@H](O)CO. The van der Waals surface area contributed by atoms with Crippen LogP contribution >= 0.6 is 0 Å². The van der Waals surface area contributed by atoms with E-state index in [2.05, 4.69) is 5.32 Å². The van der Waals surface area contributed by atoms with Gasteiger partial charge in [-0.2, -0.15) is 0 Å². The van der Waals surface area contributed by atoms with Crippen LogP contribution in [-0.2, 0) is 4.79 Å². The Morgan fingerprint density at radius 1 is 1.75 bits per heavy atom. The summed E-state index contributed by atoms with van der Waals surface area (Å²) in [5.41, 5.74) is 0. The van der Waals surface area contributed by atoms with Crippen LogP contribution in [0.3, 0.4) is 0 Å². The molecule has 0 bridgehead atoms. The van der Waals surface area contributed by atoms with Crippen LogP contribution in [-0.4, -0.2) is 35.9 Å². The highest BCUT2D eigenvalue weighted by Gasteiger charge is 1.97. The zero-order chi connectivity index (χ0) is 6.41. The molecule has 0 fully saturated rings. The van der Waals surface area contributed by atoms with Gasteiger partial charge in [0.15, 0.2) is 0 Å². The van der Waals surface area contributed by atoms with E-state index in [1.807, 2.05) is 0 Å². The number of nitrogens with one attached hydrogen (secondary N) is 1. The summed E-state index contributed by atoms with van der Waals surface area (Å²) in [5.74, 6) is 0. The van der Waals surface area contributed by atoms with E-state index in [1.54, 1.807) is 0 Å². The minimum atomic E-state index is -0.864. The Bertz CT molecular complexity index is 66.3. The van der Waals surface area contributed by atoms with Gasteiger partial charge in [0.25, 0.3) is 0 Å². The van der Waals surface area contributed by atoms with E-state index in [9.17, 15) is 4.79 Å². The Kier molecular flexibility index (Phi) is 4.20. The lowest BCUT2D eigenvalue weighted by Gasteiger charge is -2.02. The summed E-state index contributed by atoms with van der Waals surface area (Å²) < 4.78 is 0. The normalized spacial score (nSPS) is 12.8. The van der Waals surface area contributed by atoms with Crippen LogP contribution in [0.15, 0.2) is 0 Å². The predicted octanol–water partition coefficient (Wildman–Crippen LogP) is -2.00. The first-order chi connectivity index (χ1) is 3.81. The maximum Gasteiger partial charge on any atom is 0.309 e. The van der Waals surface area contributed by atoms with Crippen molar-refractivity contribution in [3.05, 3.63) is 0 Å². The number of amides is 1. The summed E-state index contributed by atoms with van der Waals surface area (Å²) in [4.78, 5) is 9.40. The Balaban J connectivity index is 2.97. The van der Waals surface area contributed by atoms with Crippen molar-refractivity contribution in [1.29, 1.82) is 0 Å². The van der Waals surface area contributed by atoms with Gasteiger partial charge in [-0.05, 0) is 0 Å². The zero-order valence-electron chi connectivity index (χ0n) is 4.29. The number of carbonyl (C=O) groups excluding carboxylic acids is 1. The van der Waals surface area contributed by atoms with Gasteiger partial charge in [-0.1, -0.05) is 0 Å². The number of aliphatic hydroxyl groups is 2. The Morgan fingerprint density at radius 2 is 2.38 bits per heavy atom. The lowest BCUT2D eigenvalue weighted by atomic mass is 10.4. The fourth-order valence-corrected chi connectivity index (χ4v) is 0.224. The molecule has 1 radical (unpaired) electrons. The Morgan fingerprint density at radius 3 is 2.75 bits per heavy atom. The molecule has 0 spiro atoms. The molecule has 47 valence electrons. The maximum atomic E-state index is 9.40. The molecule has 0 saturated carbocycles. The molecule has 0 aromatic rings. The third-order valence-corrected chi connectivity index (χ3v) is 0.621. The summed E-state index contributed by atoms with van der Waals surface area (Å²) in [7, 11) is 0. The predicted molar refractivity (Wildman–Crippen MR) is 26.8 cm³/mol. The maximum absolute atomic E-state index is 9.40. The van der Waals surface area contributed by atoms with E-state index in [-0.39, 0.29) is 13.2 Å². The van der Waals surface area contributed by atoms with Crippen molar-refractivity contribution >= 4 is 6.41 Å². The molecule has 0 rings (SSSR count). The molecule has 0 heterocycles. The highest BCUT2D eigenvalue weighted by molar-refractivity contribution is 5.46. The molecular formula is C4H8NO3. The molecule has 0 unspecified atom stereocenters. The molecule has 0 aliphatic rings. The van der Waals surface area contributed by atoms with E-state index in [0.29, 0.717) is 0 Å². The van der Waals surface area contributed by atoms with Crippen molar-refractivity contribution in [2.24, 2.45) is 0 Å². The molecule has 8 heavy (non-hydrogen) atoms. The van der Waals surface area contributed by atoms with Crippen molar-refractivity contribution in [2.45, 2.75) is 6.10 Å². The molecule has 0 aromatic heterocycles. The van der Waals surface area contributed by atoms with Gasteiger partial charge in [-0.15, -0.1) is 0 Å². The molecule has 0 aliphatic carbocycles. The van der Waals surface area contributed by atoms with Crippen LogP contribution in [0.25, 0.3) is 0 Å². The number of rotatable bonds is 4. The standard InChI is InChI=1S/C4H8NO3/c6-2-4(8)1-5-3-7/h4,6,8H,1-2H2,(H,5,7)/t4-/m1/s1. The second-order valence-electron chi connectivity index (χ2n) is 1.32. The van der Waals surface area contributed by atoms with Gasteiger partial charge in [-0.3, -0.25) is 4.79 Å². The highest BCUT2D eigenvalue weighted by Crippen LogP contribution is 1.72. The lowest BCUT2D eigenvalue weighted by molar-refractivity contribution is 0.0981. The van der Waals surface area contributed by atoms with Crippen LogP contribution in [0.5, 0.6) is 0 Å². The van der Waals surface area contributed by atoms with Crippen LogP contribution in [0.1, 0.15) is 0 Å². The van der Waals surface area contributed by atoms with E-state index >= 15 is 0 Å². The fraction of sp³-hybridized carbons (Fsp3) is 0.750. The highest BCUT2D eigenvalue weighted by atomic mass is 16.3. The van der Waals surface area contributed by atoms with Crippen LogP contribution in [0.2, 0.25) is 0 Å². The topological polar surface area (TPSA) is 69.6 Å². The van der Waals surface area contributed by atoms with Crippen molar-refractivity contribution in [1.82, 2.24) is 5.32 Å². The second kappa shape index (κ2) is 4.55. The minimum absolute atomic E-state index is 0.0556. The van der Waals surface area contributed by atoms with Crippen LogP contribution in [0.4, 0.5) is 0 Å². The quantitative estimate of drug-likeness (QED) is 0.374. The molecule has 0 aliphatic heterocycles. The third kappa shape index (κ3) is 3.58. The molecule has 4 heteroatoms. The monoisotopic (exact) mass is 118 g/mol. The summed E-state index contributed by atoms with van der Waals surface area (Å²) in [6.45, 7) is -0.283. The molecule has 4 nitrogen and oxygen atoms in total. The van der Waals surface area contributed by atoms with E-state index in [1.165, 1.54) is 6.41 Å². The number of hydrogen-bond donors (Lipinski definition) is 3. The van der Waals surface area contributed by atoms with Crippen LogP contribution in [0, 0.1) is 0 Å². The second-order valence-corrected chi connectivity index (χ2v) is 1.32. The summed E-state index contributed by atoms with van der Waals surface area (Å²) in [6, 6.07) is 0. The van der Waals surface area contributed by atoms with Gasteiger partial charge < -0.3 is 15.5 Å². The van der Waals surface area contributed by atoms with E-state index in [4.69, 9.17) is 10.2 Å². The summed E-state index contributed by atoms with van der Waals surface area (Å²) in [6.07, 6.45) is 0.497. The molecule has 0 aromatic carbocycles. The van der Waals surface area contributed by atoms with Gasteiger partial charge in [-0.25, -0.2) is 0 Å². The molecular weight excluding hydrogens is 110 g/mol. The van der Waals surface area contributed by atoms with Crippen LogP contribution < -0.4 is 5.32 Å². The average Bonchev–Trinajstić information content (AvgIpc) is 1.83.